The van der Waals surface area contributed by atoms with Gasteiger partial charge < -0.3 is 14.5 Å². The third kappa shape index (κ3) is 3.62. The minimum absolute atomic E-state index is 0.00124. The highest BCUT2D eigenvalue weighted by molar-refractivity contribution is 8.01. The van der Waals surface area contributed by atoms with Crippen LogP contribution in [-0.4, -0.2) is 84.0 Å². The van der Waals surface area contributed by atoms with Crippen molar-refractivity contribution in [2.24, 2.45) is 0 Å². The third-order valence-electron chi connectivity index (χ3n) is 3.69. The molecule has 2 rings (SSSR count). The van der Waals surface area contributed by atoms with Crippen LogP contribution in [0.2, 0.25) is 0 Å². The van der Waals surface area contributed by atoms with E-state index in [2.05, 4.69) is 0 Å². The minimum Gasteiger partial charge on any atom is -0.367 e. The standard InChI is InChI=1S/C13H22N2O3S2/c1-14(2)11(16)5-18-10-4-13(20-6-10)8-15(9-13)12(17)7-19-3/h10H,4-9H2,1-3H3/t10-/m0/s1. The number of carbonyl (C=O) groups is 2. The molecule has 0 saturated carbocycles. The molecule has 0 N–H and O–H groups in total. The van der Waals surface area contributed by atoms with Crippen molar-refractivity contribution in [1.29, 1.82) is 0 Å². The lowest BCUT2D eigenvalue weighted by Gasteiger charge is -2.47. The Balaban J connectivity index is 1.71. The first-order valence-electron chi connectivity index (χ1n) is 6.68. The van der Waals surface area contributed by atoms with Crippen LogP contribution in [0.3, 0.4) is 0 Å². The topological polar surface area (TPSA) is 49.9 Å². The van der Waals surface area contributed by atoms with E-state index in [1.54, 1.807) is 30.8 Å². The van der Waals surface area contributed by atoms with Gasteiger partial charge in [0.15, 0.2) is 0 Å². The molecule has 0 bridgehead atoms. The van der Waals surface area contributed by atoms with Gasteiger partial charge in [-0.25, -0.2) is 0 Å². The fourth-order valence-corrected chi connectivity index (χ4v) is 4.47. The summed E-state index contributed by atoms with van der Waals surface area (Å²) in [6.07, 6.45) is 3.03. The van der Waals surface area contributed by atoms with Crippen LogP contribution in [0.25, 0.3) is 0 Å². The van der Waals surface area contributed by atoms with Crippen molar-refractivity contribution in [3.05, 3.63) is 0 Å². The first-order chi connectivity index (χ1) is 9.46. The lowest BCUT2D eigenvalue weighted by molar-refractivity contribution is -0.136. The zero-order chi connectivity index (χ0) is 14.8. The Morgan fingerprint density at radius 2 is 2.15 bits per heavy atom. The summed E-state index contributed by atoms with van der Waals surface area (Å²) in [5, 5.41) is 0. The number of amides is 2. The zero-order valence-corrected chi connectivity index (χ0v) is 13.9. The number of thioether (sulfide) groups is 2. The molecule has 0 aromatic carbocycles. The van der Waals surface area contributed by atoms with E-state index >= 15 is 0 Å². The van der Waals surface area contributed by atoms with Gasteiger partial charge >= 0.3 is 0 Å². The lowest BCUT2D eigenvalue weighted by Crippen LogP contribution is -2.61. The Kier molecular flexibility index (Phi) is 5.25. The smallest absolute Gasteiger partial charge is 0.248 e. The molecule has 1 atom stereocenters. The molecule has 2 heterocycles. The predicted molar refractivity (Wildman–Crippen MR) is 83.2 cm³/mol. The van der Waals surface area contributed by atoms with E-state index in [0.717, 1.165) is 25.3 Å². The molecule has 2 saturated heterocycles. The van der Waals surface area contributed by atoms with Crippen LogP contribution < -0.4 is 0 Å². The fraction of sp³-hybridized carbons (Fsp3) is 0.846. The quantitative estimate of drug-likeness (QED) is 0.740. The number of hydrogen-bond donors (Lipinski definition) is 0. The summed E-state index contributed by atoms with van der Waals surface area (Å²) in [7, 11) is 3.47. The molecule has 114 valence electrons. The molecule has 2 aliphatic heterocycles. The third-order valence-corrected chi connectivity index (χ3v) is 5.81. The van der Waals surface area contributed by atoms with Gasteiger partial charge in [-0.15, -0.1) is 11.8 Å². The summed E-state index contributed by atoms with van der Waals surface area (Å²) in [5.41, 5.74) is 0. The first kappa shape index (κ1) is 16.0. The molecule has 1 spiro atoms. The molecular weight excluding hydrogens is 296 g/mol. The van der Waals surface area contributed by atoms with Crippen molar-refractivity contribution in [2.75, 3.05) is 51.6 Å². The summed E-state index contributed by atoms with van der Waals surface area (Å²) < 4.78 is 5.86. The largest absolute Gasteiger partial charge is 0.367 e. The number of ether oxygens (including phenoxy) is 1. The maximum Gasteiger partial charge on any atom is 0.248 e. The van der Waals surface area contributed by atoms with E-state index in [1.807, 2.05) is 22.9 Å². The highest BCUT2D eigenvalue weighted by Crippen LogP contribution is 2.46. The van der Waals surface area contributed by atoms with Gasteiger partial charge in [-0.2, -0.15) is 11.8 Å². The number of rotatable bonds is 5. The van der Waals surface area contributed by atoms with Crippen molar-refractivity contribution in [3.63, 3.8) is 0 Å². The normalized spacial score (nSPS) is 23.8. The Hall–Kier alpha value is -0.400. The van der Waals surface area contributed by atoms with Gasteiger partial charge in [0.25, 0.3) is 0 Å². The SMILES string of the molecule is CSCC(=O)N1CC2(C[C@H](OCC(=O)N(C)C)CS2)C1. The van der Waals surface area contributed by atoms with Gasteiger partial charge in [0.1, 0.15) is 6.61 Å². The summed E-state index contributed by atoms with van der Waals surface area (Å²) in [6.45, 7) is 1.82. The van der Waals surface area contributed by atoms with Gasteiger partial charge in [0.2, 0.25) is 11.8 Å². The highest BCUT2D eigenvalue weighted by atomic mass is 32.2. The lowest BCUT2D eigenvalue weighted by atomic mass is 9.93. The molecule has 2 aliphatic rings. The van der Waals surface area contributed by atoms with E-state index in [1.165, 1.54) is 0 Å². The van der Waals surface area contributed by atoms with E-state index in [0.29, 0.717) is 5.75 Å². The van der Waals surface area contributed by atoms with Gasteiger partial charge in [-0.1, -0.05) is 0 Å². The molecule has 0 aromatic rings. The fourth-order valence-electron chi connectivity index (χ4n) is 2.49. The van der Waals surface area contributed by atoms with Crippen LogP contribution in [0, 0.1) is 0 Å². The maximum atomic E-state index is 11.8. The molecule has 0 unspecified atom stereocenters. The molecule has 0 aliphatic carbocycles. The van der Waals surface area contributed by atoms with E-state index < -0.39 is 0 Å². The van der Waals surface area contributed by atoms with Crippen LogP contribution >= 0.6 is 23.5 Å². The van der Waals surface area contributed by atoms with Gasteiger partial charge in [-0.3, -0.25) is 9.59 Å². The van der Waals surface area contributed by atoms with Crippen molar-refractivity contribution in [2.45, 2.75) is 17.3 Å². The molecule has 5 nitrogen and oxygen atoms in total. The minimum atomic E-state index is 0.00124. The first-order valence-corrected chi connectivity index (χ1v) is 9.06. The molecule has 2 amide bonds. The number of likely N-dealkylation sites (N-methyl/N-ethyl adjacent to an activating group) is 1. The van der Waals surface area contributed by atoms with Crippen LogP contribution in [0.5, 0.6) is 0 Å². The van der Waals surface area contributed by atoms with E-state index in [4.69, 9.17) is 4.74 Å². The molecular formula is C13H22N2O3S2. The molecule has 0 radical (unpaired) electrons. The monoisotopic (exact) mass is 318 g/mol. The number of nitrogens with zero attached hydrogens (tertiary/aromatic N) is 2. The number of likely N-dealkylation sites (tertiary alicyclic amines) is 1. The second kappa shape index (κ2) is 6.58. The Morgan fingerprint density at radius 1 is 1.45 bits per heavy atom. The second-order valence-electron chi connectivity index (χ2n) is 5.60. The molecule has 2 fully saturated rings. The average molecular weight is 318 g/mol. The van der Waals surface area contributed by atoms with Gasteiger partial charge in [0, 0.05) is 32.9 Å². The molecule has 7 heteroatoms. The Bertz CT molecular complexity index is 384. The van der Waals surface area contributed by atoms with Crippen molar-refractivity contribution < 1.29 is 14.3 Å². The van der Waals surface area contributed by atoms with Crippen molar-refractivity contribution in [3.8, 4) is 0 Å². The van der Waals surface area contributed by atoms with Crippen molar-refractivity contribution >= 4 is 35.3 Å². The van der Waals surface area contributed by atoms with Crippen LogP contribution in [-0.2, 0) is 14.3 Å². The molecule has 20 heavy (non-hydrogen) atoms. The van der Waals surface area contributed by atoms with Gasteiger partial charge in [-0.05, 0) is 12.7 Å². The highest BCUT2D eigenvalue weighted by Gasteiger charge is 2.50. The van der Waals surface area contributed by atoms with Crippen LogP contribution in [0.15, 0.2) is 0 Å². The average Bonchev–Trinajstić information content (AvgIpc) is 2.78. The van der Waals surface area contributed by atoms with Crippen LogP contribution in [0.1, 0.15) is 6.42 Å². The number of hydrogen-bond acceptors (Lipinski definition) is 5. The molecule has 0 aromatic heterocycles. The summed E-state index contributed by atoms with van der Waals surface area (Å²) in [6, 6.07) is 0. The maximum absolute atomic E-state index is 11.8. The summed E-state index contributed by atoms with van der Waals surface area (Å²) >= 11 is 3.46. The van der Waals surface area contributed by atoms with Crippen molar-refractivity contribution in [1.82, 2.24) is 9.80 Å². The van der Waals surface area contributed by atoms with Gasteiger partial charge in [0.05, 0.1) is 16.6 Å². The predicted octanol–water partition coefficient (Wildman–Crippen LogP) is 0.541. The van der Waals surface area contributed by atoms with E-state index in [-0.39, 0.29) is 29.3 Å². The number of carbonyl (C=O) groups excluding carboxylic acids is 2. The zero-order valence-electron chi connectivity index (χ0n) is 12.3. The Morgan fingerprint density at radius 3 is 2.75 bits per heavy atom. The second-order valence-corrected chi connectivity index (χ2v) is 7.96. The van der Waals surface area contributed by atoms with Crippen LogP contribution in [0.4, 0.5) is 0 Å². The van der Waals surface area contributed by atoms with E-state index in [9.17, 15) is 9.59 Å². The summed E-state index contributed by atoms with van der Waals surface area (Å²) in [5.74, 6) is 1.72. The Labute approximate surface area is 128 Å². The summed E-state index contributed by atoms with van der Waals surface area (Å²) in [4.78, 5) is 26.7.